The van der Waals surface area contributed by atoms with E-state index in [1.54, 1.807) is 22.0 Å². The molecule has 0 atom stereocenters. The van der Waals surface area contributed by atoms with E-state index in [0.29, 0.717) is 40.1 Å². The van der Waals surface area contributed by atoms with Crippen LogP contribution in [0.15, 0.2) is 82.5 Å². The molecule has 190 valence electrons. The summed E-state index contributed by atoms with van der Waals surface area (Å²) in [5.41, 5.74) is 4.74. The van der Waals surface area contributed by atoms with Crippen molar-refractivity contribution in [1.82, 2.24) is 9.66 Å². The molecule has 0 radical (unpaired) electrons. The van der Waals surface area contributed by atoms with Crippen LogP contribution in [0.3, 0.4) is 0 Å². The Bertz CT molecular complexity index is 1650. The summed E-state index contributed by atoms with van der Waals surface area (Å²) in [6.45, 7) is 4.74. The van der Waals surface area contributed by atoms with Gasteiger partial charge in [0.05, 0.1) is 29.0 Å². The molecule has 0 saturated carbocycles. The summed E-state index contributed by atoms with van der Waals surface area (Å²) in [5, 5.41) is 9.71. The molecule has 1 N–H and O–H groups in total. The molecular formula is C28H24N6O3S. The van der Waals surface area contributed by atoms with Gasteiger partial charge in [0, 0.05) is 29.2 Å². The number of anilines is 2. The van der Waals surface area contributed by atoms with Crippen LogP contribution >= 0.6 is 11.3 Å². The van der Waals surface area contributed by atoms with Crippen molar-refractivity contribution >= 4 is 45.9 Å². The zero-order valence-corrected chi connectivity index (χ0v) is 21.6. The van der Waals surface area contributed by atoms with E-state index in [2.05, 4.69) is 24.1 Å². The van der Waals surface area contributed by atoms with Crippen LogP contribution in [-0.4, -0.2) is 40.3 Å². The molecule has 0 aliphatic carbocycles. The number of hydrogen-bond donors (Lipinski definition) is 1. The molecule has 10 heteroatoms. The van der Waals surface area contributed by atoms with Gasteiger partial charge in [-0.25, -0.2) is 9.67 Å². The monoisotopic (exact) mass is 524 g/mol. The van der Waals surface area contributed by atoms with Gasteiger partial charge in [-0.3, -0.25) is 14.6 Å². The Morgan fingerprint density at radius 3 is 2.82 bits per heavy atom. The fourth-order valence-electron chi connectivity index (χ4n) is 4.45. The number of hydrogen-bond acceptors (Lipinski definition) is 7. The van der Waals surface area contributed by atoms with Crippen LogP contribution in [0.5, 0.6) is 5.75 Å². The number of carbonyl (C=O) groups excluding carboxylic acids is 2. The second-order valence-corrected chi connectivity index (χ2v) is 10.2. The molecule has 2 aliphatic rings. The maximum absolute atomic E-state index is 13.6. The van der Waals surface area contributed by atoms with E-state index in [1.807, 2.05) is 60.0 Å². The van der Waals surface area contributed by atoms with Crippen LogP contribution < -0.4 is 19.8 Å². The molecule has 0 saturated heterocycles. The molecule has 4 aromatic rings. The number of pyridine rings is 1. The largest absolute Gasteiger partial charge is 0.482 e. The van der Waals surface area contributed by atoms with Gasteiger partial charge in [-0.15, -0.1) is 11.3 Å². The van der Waals surface area contributed by atoms with Crippen LogP contribution in [-0.2, 0) is 9.59 Å². The number of fused-ring (bicyclic) bond motifs is 2. The lowest BCUT2D eigenvalue weighted by atomic mass is 10.1. The summed E-state index contributed by atoms with van der Waals surface area (Å²) in [5.74, 6) is 0.535. The van der Waals surface area contributed by atoms with Crippen LogP contribution in [0.4, 0.5) is 17.1 Å². The van der Waals surface area contributed by atoms with Crippen LogP contribution in [0.25, 0.3) is 11.3 Å². The molecule has 9 nitrogen and oxygen atoms in total. The highest BCUT2D eigenvalue weighted by Crippen LogP contribution is 2.34. The lowest BCUT2D eigenvalue weighted by molar-refractivity contribution is -0.118. The van der Waals surface area contributed by atoms with E-state index in [-0.39, 0.29) is 18.4 Å². The van der Waals surface area contributed by atoms with E-state index < -0.39 is 0 Å². The maximum atomic E-state index is 13.6. The molecule has 2 aliphatic heterocycles. The van der Waals surface area contributed by atoms with Gasteiger partial charge >= 0.3 is 0 Å². The Hall–Kier alpha value is -4.57. The molecule has 6 rings (SSSR count). The number of nitrogens with one attached hydrogen (secondary N) is 1. The summed E-state index contributed by atoms with van der Waals surface area (Å²) in [7, 11) is 0. The first-order valence-corrected chi connectivity index (χ1v) is 13.1. The molecule has 0 spiro atoms. The zero-order chi connectivity index (χ0) is 26.2. The molecule has 2 amide bonds. The van der Waals surface area contributed by atoms with Gasteiger partial charge in [0.1, 0.15) is 5.75 Å². The SMILES string of the molecule is CC(C)CN1C(=O)C(=Nn2c(-c3ccc4c(c3)NC(=O)CO4)csc2=Nc2cccnc2)c2ccccc21. The molecule has 2 aromatic heterocycles. The summed E-state index contributed by atoms with van der Waals surface area (Å²) < 4.78 is 7.21. The van der Waals surface area contributed by atoms with Crippen molar-refractivity contribution in [2.75, 3.05) is 23.4 Å². The minimum atomic E-state index is -0.209. The predicted octanol–water partition coefficient (Wildman–Crippen LogP) is 4.43. The Morgan fingerprint density at radius 2 is 2.00 bits per heavy atom. The smallest absolute Gasteiger partial charge is 0.279 e. The molecule has 0 bridgehead atoms. The van der Waals surface area contributed by atoms with E-state index in [0.717, 1.165) is 22.5 Å². The number of carbonyl (C=O) groups is 2. The minimum Gasteiger partial charge on any atom is -0.482 e. The van der Waals surface area contributed by atoms with Crippen molar-refractivity contribution in [2.45, 2.75) is 13.8 Å². The van der Waals surface area contributed by atoms with Gasteiger partial charge in [-0.1, -0.05) is 32.0 Å². The maximum Gasteiger partial charge on any atom is 0.279 e. The average Bonchev–Trinajstić information content (AvgIpc) is 3.43. The number of para-hydroxylation sites is 1. The topological polar surface area (TPSA) is 101 Å². The number of ether oxygens (including phenoxy) is 1. The lowest BCUT2D eigenvalue weighted by Crippen LogP contribution is -2.33. The summed E-state index contributed by atoms with van der Waals surface area (Å²) in [4.78, 5) is 36.9. The zero-order valence-electron chi connectivity index (χ0n) is 20.8. The van der Waals surface area contributed by atoms with Crippen LogP contribution in [0, 0.1) is 5.92 Å². The summed E-state index contributed by atoms with van der Waals surface area (Å²) in [6, 6.07) is 16.9. The first kappa shape index (κ1) is 23.8. The summed E-state index contributed by atoms with van der Waals surface area (Å²) >= 11 is 1.40. The molecule has 4 heterocycles. The summed E-state index contributed by atoms with van der Waals surface area (Å²) in [6.07, 6.45) is 3.36. The van der Waals surface area contributed by atoms with Crippen molar-refractivity contribution in [3.63, 3.8) is 0 Å². The van der Waals surface area contributed by atoms with Crippen molar-refractivity contribution < 1.29 is 14.3 Å². The van der Waals surface area contributed by atoms with Gasteiger partial charge < -0.3 is 15.0 Å². The number of aromatic nitrogens is 2. The first-order chi connectivity index (χ1) is 18.5. The van der Waals surface area contributed by atoms with Crippen molar-refractivity contribution in [3.05, 3.63) is 82.7 Å². The number of thiazole rings is 1. The first-order valence-electron chi connectivity index (χ1n) is 12.2. The van der Waals surface area contributed by atoms with Crippen LogP contribution in [0.1, 0.15) is 19.4 Å². The van der Waals surface area contributed by atoms with Crippen molar-refractivity contribution in [1.29, 1.82) is 0 Å². The molecular weight excluding hydrogens is 500 g/mol. The quantitative estimate of drug-likeness (QED) is 0.417. The average molecular weight is 525 g/mol. The second kappa shape index (κ2) is 9.71. The normalized spacial score (nSPS) is 16.0. The number of rotatable bonds is 5. The van der Waals surface area contributed by atoms with Gasteiger partial charge in [-0.05, 0) is 42.3 Å². The standard InChI is InChI=1S/C28H24N6O3S/c1-17(2)14-33-22-8-4-3-7-20(22)26(27(33)36)32-34-23(16-38-28(34)30-19-6-5-11-29-13-19)18-9-10-24-21(12-18)31-25(35)15-37-24/h3-13,16-17H,14-15H2,1-2H3,(H,31,35). The molecule has 2 aromatic carbocycles. The molecule has 0 fully saturated rings. The van der Waals surface area contributed by atoms with Gasteiger partial charge in [0.25, 0.3) is 11.8 Å². The van der Waals surface area contributed by atoms with E-state index in [4.69, 9.17) is 14.8 Å². The van der Waals surface area contributed by atoms with Gasteiger partial charge in [-0.2, -0.15) is 5.10 Å². The minimum absolute atomic E-state index is 0.0129. The Labute approximate surface area is 222 Å². The predicted molar refractivity (Wildman–Crippen MR) is 147 cm³/mol. The highest BCUT2D eigenvalue weighted by Gasteiger charge is 2.34. The fraction of sp³-hybridized carbons (Fsp3) is 0.179. The molecule has 38 heavy (non-hydrogen) atoms. The lowest BCUT2D eigenvalue weighted by Gasteiger charge is -2.19. The Morgan fingerprint density at radius 1 is 1.13 bits per heavy atom. The fourth-order valence-corrected chi connectivity index (χ4v) is 5.30. The third-order valence-electron chi connectivity index (χ3n) is 6.11. The Balaban J connectivity index is 1.54. The number of amides is 2. The van der Waals surface area contributed by atoms with E-state index in [9.17, 15) is 9.59 Å². The molecule has 0 unspecified atom stereocenters. The highest BCUT2D eigenvalue weighted by atomic mass is 32.1. The van der Waals surface area contributed by atoms with Crippen molar-refractivity contribution in [2.24, 2.45) is 16.0 Å². The number of benzene rings is 2. The number of nitrogens with zero attached hydrogens (tertiary/aromatic N) is 5. The van der Waals surface area contributed by atoms with Gasteiger partial charge in [0.15, 0.2) is 12.3 Å². The Kier molecular flexibility index (Phi) is 6.09. The third-order valence-corrected chi connectivity index (χ3v) is 6.93. The van der Waals surface area contributed by atoms with Gasteiger partial charge in [0.2, 0.25) is 4.80 Å². The third kappa shape index (κ3) is 4.39. The highest BCUT2D eigenvalue weighted by molar-refractivity contribution is 7.07. The van der Waals surface area contributed by atoms with Crippen molar-refractivity contribution in [3.8, 4) is 17.0 Å². The van der Waals surface area contributed by atoms with E-state index >= 15 is 0 Å². The van der Waals surface area contributed by atoms with E-state index in [1.165, 1.54) is 11.3 Å². The second-order valence-electron chi connectivity index (χ2n) is 9.36. The van der Waals surface area contributed by atoms with Crippen LogP contribution in [0.2, 0.25) is 0 Å².